The highest BCUT2D eigenvalue weighted by Gasteiger charge is 2.34. The molecule has 4 N–H and O–H groups in total. The van der Waals surface area contributed by atoms with Crippen LogP contribution in [0.15, 0.2) is 12.4 Å². The van der Waals surface area contributed by atoms with Crippen molar-refractivity contribution < 1.29 is 18.6 Å². The summed E-state index contributed by atoms with van der Waals surface area (Å²) >= 11 is 0.940. The summed E-state index contributed by atoms with van der Waals surface area (Å²) in [7, 11) is 0. The van der Waals surface area contributed by atoms with Crippen LogP contribution in [0.25, 0.3) is 32.2 Å². The number of nitrogens with zero attached hydrogens (tertiary/aromatic N) is 5. The summed E-state index contributed by atoms with van der Waals surface area (Å²) in [6, 6.07) is 2.18. The van der Waals surface area contributed by atoms with E-state index in [0.29, 0.717) is 30.0 Å². The summed E-state index contributed by atoms with van der Waals surface area (Å²) in [4.78, 5) is 15.5. The summed E-state index contributed by atoms with van der Waals surface area (Å²) in [6.45, 7) is 5.31. The summed E-state index contributed by atoms with van der Waals surface area (Å²) in [5, 5.41) is 23.6. The van der Waals surface area contributed by atoms with E-state index >= 15 is 4.39 Å². The third-order valence-electron chi connectivity index (χ3n) is 7.42. The Morgan fingerprint density at radius 3 is 2.87 bits per heavy atom. The number of pyridine rings is 1. The number of aliphatic hydroxyl groups excluding tert-OH is 1. The minimum Gasteiger partial charge on any atom is -0.392 e. The number of nitrogens with two attached hydrogens (primary N) is 1. The minimum absolute atomic E-state index is 0.0249. The molecule has 0 spiro atoms. The Labute approximate surface area is 220 Å². The Hall–Kier alpha value is -3.50. The molecule has 3 aromatic heterocycles. The van der Waals surface area contributed by atoms with Gasteiger partial charge in [-0.05, 0) is 31.4 Å². The van der Waals surface area contributed by atoms with Gasteiger partial charge in [-0.3, -0.25) is 4.98 Å². The van der Waals surface area contributed by atoms with E-state index < -0.39 is 17.7 Å². The Morgan fingerprint density at radius 2 is 2.11 bits per heavy atom. The number of rotatable bonds is 5. The van der Waals surface area contributed by atoms with Crippen molar-refractivity contribution in [1.82, 2.24) is 20.3 Å². The monoisotopic (exact) mass is 537 g/mol. The van der Waals surface area contributed by atoms with Crippen molar-refractivity contribution in [2.24, 2.45) is 0 Å². The van der Waals surface area contributed by atoms with Crippen LogP contribution in [0, 0.1) is 23.0 Å². The van der Waals surface area contributed by atoms with Crippen LogP contribution in [-0.2, 0) is 18.0 Å². The number of halogens is 2. The van der Waals surface area contributed by atoms with Gasteiger partial charge in [0.1, 0.15) is 16.6 Å². The van der Waals surface area contributed by atoms with E-state index in [0.717, 1.165) is 29.5 Å². The maximum Gasteiger partial charge on any atom is 0.226 e. The maximum absolute atomic E-state index is 16.5. The topological polar surface area (TPSA) is 133 Å². The first-order valence-corrected chi connectivity index (χ1v) is 13.1. The number of hydrogen-bond acceptors (Lipinski definition) is 10. The Kier molecular flexibility index (Phi) is 6.11. The van der Waals surface area contributed by atoms with Gasteiger partial charge in [-0.2, -0.15) is 5.26 Å². The molecule has 3 atom stereocenters. The maximum atomic E-state index is 16.5. The zero-order chi connectivity index (χ0) is 26.7. The third kappa shape index (κ3) is 3.77. The van der Waals surface area contributed by atoms with Crippen molar-refractivity contribution in [2.45, 2.75) is 51.7 Å². The molecule has 1 fully saturated rings. The van der Waals surface area contributed by atoms with Crippen molar-refractivity contribution in [3.63, 3.8) is 0 Å². The molecule has 0 bridgehead atoms. The fourth-order valence-electron chi connectivity index (χ4n) is 5.49. The van der Waals surface area contributed by atoms with Crippen LogP contribution in [0.5, 0.6) is 0 Å². The molecule has 0 unspecified atom stereocenters. The molecule has 6 rings (SSSR count). The first kappa shape index (κ1) is 24.8. The molecule has 4 aromatic rings. The van der Waals surface area contributed by atoms with Crippen molar-refractivity contribution in [2.75, 3.05) is 23.7 Å². The van der Waals surface area contributed by atoms with E-state index in [1.165, 1.54) is 0 Å². The van der Waals surface area contributed by atoms with Gasteiger partial charge in [0.05, 0.1) is 41.5 Å². The van der Waals surface area contributed by atoms with Crippen molar-refractivity contribution in [3.8, 4) is 17.3 Å². The van der Waals surface area contributed by atoms with Crippen LogP contribution >= 0.6 is 11.3 Å². The summed E-state index contributed by atoms with van der Waals surface area (Å²) in [6.07, 6.45) is 3.02. The average molecular weight is 538 g/mol. The molecule has 0 radical (unpaired) electrons. The van der Waals surface area contributed by atoms with Crippen LogP contribution in [0.4, 0.5) is 19.7 Å². The predicted octanol–water partition coefficient (Wildman–Crippen LogP) is 3.61. The average Bonchev–Trinajstić information content (AvgIpc) is 3.61. The van der Waals surface area contributed by atoms with Crippen molar-refractivity contribution in [1.29, 1.82) is 5.26 Å². The van der Waals surface area contributed by atoms with Gasteiger partial charge in [-0.15, -0.1) is 11.3 Å². The van der Waals surface area contributed by atoms with Crippen LogP contribution in [-0.4, -0.2) is 51.3 Å². The van der Waals surface area contributed by atoms with Crippen LogP contribution in [0.3, 0.4) is 0 Å². The quantitative estimate of drug-likeness (QED) is 0.349. The number of fused-ring (bicyclic) bond motifs is 4. The van der Waals surface area contributed by atoms with Crippen LogP contribution in [0.2, 0.25) is 0 Å². The number of nitriles is 1. The van der Waals surface area contributed by atoms with Gasteiger partial charge in [0.2, 0.25) is 5.95 Å². The number of nitrogen functional groups attached to an aromatic ring is 1. The molecular weight excluding hydrogens is 512 g/mol. The fraction of sp³-hybridized carbons (Fsp3) is 0.385. The molecule has 2 aliphatic rings. The van der Waals surface area contributed by atoms with E-state index in [1.807, 2.05) is 17.9 Å². The van der Waals surface area contributed by atoms with E-state index in [9.17, 15) is 14.8 Å². The molecule has 12 heteroatoms. The molecule has 0 aliphatic carbocycles. The number of hydrogen-bond donors (Lipinski definition) is 3. The number of thiophene rings is 1. The summed E-state index contributed by atoms with van der Waals surface area (Å²) < 4.78 is 37.0. The largest absolute Gasteiger partial charge is 0.392 e. The third-order valence-corrected chi connectivity index (χ3v) is 8.45. The first-order valence-electron chi connectivity index (χ1n) is 12.3. The molecule has 0 saturated carbocycles. The van der Waals surface area contributed by atoms with Gasteiger partial charge < -0.3 is 25.8 Å². The smallest absolute Gasteiger partial charge is 0.226 e. The minimum atomic E-state index is -0.627. The predicted molar refractivity (Wildman–Crippen MR) is 141 cm³/mol. The lowest BCUT2D eigenvalue weighted by atomic mass is 9.94. The Morgan fingerprint density at radius 1 is 1.32 bits per heavy atom. The zero-order valence-electron chi connectivity index (χ0n) is 20.8. The number of nitrogens with one attached hydrogen (secondary N) is 1. The number of ether oxygens (including phenoxy) is 1. The number of anilines is 2. The van der Waals surface area contributed by atoms with E-state index in [4.69, 9.17) is 10.5 Å². The number of aromatic nitrogens is 3. The number of benzene rings is 1. The van der Waals surface area contributed by atoms with E-state index in [-0.39, 0.29) is 62.7 Å². The van der Waals surface area contributed by atoms with Gasteiger partial charge in [-0.1, -0.05) is 0 Å². The van der Waals surface area contributed by atoms with Crippen molar-refractivity contribution in [3.05, 3.63) is 40.7 Å². The van der Waals surface area contributed by atoms with E-state index in [2.05, 4.69) is 20.3 Å². The lowest BCUT2D eigenvalue weighted by molar-refractivity contribution is 0.135. The highest BCUT2D eigenvalue weighted by Crippen LogP contribution is 2.45. The molecule has 2 aliphatic heterocycles. The molecule has 0 amide bonds. The first-order chi connectivity index (χ1) is 18.3. The Balaban J connectivity index is 1.52. The normalized spacial score (nSPS) is 19.8. The molecule has 5 heterocycles. The zero-order valence-corrected chi connectivity index (χ0v) is 21.6. The second kappa shape index (κ2) is 9.36. The highest BCUT2D eigenvalue weighted by atomic mass is 32.1. The summed E-state index contributed by atoms with van der Waals surface area (Å²) in [5.74, 6) is -0.857. The SMILES string of the molecule is C[C@H](O)CN[C@H]1CCN(c2ncc3c4c(c(-c5ncc(F)c6sc(N)c(C#N)c56)c(F)c3n2)COC4)[C@H]1C. The second-order valence-electron chi connectivity index (χ2n) is 9.77. The fourth-order valence-corrected chi connectivity index (χ4v) is 6.41. The molecule has 9 nitrogen and oxygen atoms in total. The van der Waals surface area contributed by atoms with Gasteiger partial charge in [-0.25, -0.2) is 18.7 Å². The van der Waals surface area contributed by atoms with Gasteiger partial charge >= 0.3 is 0 Å². The molecule has 38 heavy (non-hydrogen) atoms. The Bertz CT molecular complexity index is 1630. The molecule has 1 aromatic carbocycles. The van der Waals surface area contributed by atoms with Gasteiger partial charge in [0.25, 0.3) is 0 Å². The molecule has 1 saturated heterocycles. The van der Waals surface area contributed by atoms with Gasteiger partial charge in [0.15, 0.2) is 11.6 Å². The molecule has 196 valence electrons. The second-order valence-corrected chi connectivity index (χ2v) is 10.8. The standard InChI is InChI=1S/C26H25F2N7O2S/c1-11(36)6-31-18-3-4-35(12(18)2)26-33-7-14-15-9-37-10-16(15)19(21(28)22(14)34-26)23-20-13(5-29)25(30)38-24(20)17(27)8-32-23/h7-8,11-12,18,31,36H,3-4,6,9-10,30H2,1-2H3/t11-,12-,18-/m0/s1. The van der Waals surface area contributed by atoms with Crippen LogP contribution < -0.4 is 16.0 Å². The van der Waals surface area contributed by atoms with Crippen LogP contribution in [0.1, 0.15) is 37.0 Å². The number of aliphatic hydroxyl groups is 1. The molecular formula is C26H25F2N7O2S. The highest BCUT2D eigenvalue weighted by molar-refractivity contribution is 7.23. The lowest BCUT2D eigenvalue weighted by Crippen LogP contribution is -2.43. The van der Waals surface area contributed by atoms with Crippen molar-refractivity contribution >= 4 is 43.3 Å². The van der Waals surface area contributed by atoms with E-state index in [1.54, 1.807) is 13.1 Å². The van der Waals surface area contributed by atoms with Gasteiger partial charge in [0, 0.05) is 47.7 Å². The lowest BCUT2D eigenvalue weighted by Gasteiger charge is -2.26. The summed E-state index contributed by atoms with van der Waals surface area (Å²) in [5.41, 5.74) is 7.81.